The summed E-state index contributed by atoms with van der Waals surface area (Å²) in [6, 6.07) is 7.37. The molecule has 1 fully saturated rings. The molecule has 78 valence electrons. The van der Waals surface area contributed by atoms with Crippen molar-refractivity contribution in [2.75, 3.05) is 6.61 Å². The first-order valence-electron chi connectivity index (χ1n) is 5.12. The number of aromatic hydroxyl groups is 1. The number of hydrogen-bond donors (Lipinski definition) is 1. The Morgan fingerprint density at radius 3 is 2.21 bits per heavy atom. The van der Waals surface area contributed by atoms with E-state index in [1.165, 1.54) is 5.56 Å². The third kappa shape index (κ3) is 4.87. The van der Waals surface area contributed by atoms with Crippen LogP contribution in [0.4, 0.5) is 0 Å². The van der Waals surface area contributed by atoms with Crippen molar-refractivity contribution in [1.82, 2.24) is 0 Å². The van der Waals surface area contributed by atoms with Gasteiger partial charge >= 0.3 is 0 Å². The van der Waals surface area contributed by atoms with Gasteiger partial charge in [0, 0.05) is 0 Å². The fraction of sp³-hybridized carbons (Fsp3) is 0.500. The fourth-order valence-corrected chi connectivity index (χ4v) is 1.05. The Labute approximate surface area is 85.5 Å². The highest BCUT2D eigenvalue weighted by atomic mass is 16.6. The summed E-state index contributed by atoms with van der Waals surface area (Å²) in [5.74, 6) is 0.347. The average molecular weight is 194 g/mol. The molecule has 1 unspecified atom stereocenters. The smallest absolute Gasteiger partial charge is 0.115 e. The minimum atomic E-state index is 0.347. The SMILES string of the molecule is CC1CO1.CCCc1ccc(O)cc1. The number of epoxide rings is 1. The number of benzene rings is 1. The Morgan fingerprint density at radius 1 is 1.36 bits per heavy atom. The van der Waals surface area contributed by atoms with Gasteiger partial charge in [0.05, 0.1) is 12.7 Å². The number of ether oxygens (including phenoxy) is 1. The molecule has 14 heavy (non-hydrogen) atoms. The molecule has 0 radical (unpaired) electrons. The van der Waals surface area contributed by atoms with Crippen molar-refractivity contribution in [2.24, 2.45) is 0 Å². The van der Waals surface area contributed by atoms with Crippen LogP contribution >= 0.6 is 0 Å². The largest absolute Gasteiger partial charge is 0.508 e. The topological polar surface area (TPSA) is 32.8 Å². The number of phenolic OH excluding ortho intramolecular Hbond substituents is 1. The first kappa shape index (κ1) is 11.1. The lowest BCUT2D eigenvalue weighted by atomic mass is 10.1. The third-order valence-electron chi connectivity index (χ3n) is 1.98. The highest BCUT2D eigenvalue weighted by Gasteiger charge is 2.13. The molecule has 2 heteroatoms. The maximum Gasteiger partial charge on any atom is 0.115 e. The van der Waals surface area contributed by atoms with Crippen molar-refractivity contribution < 1.29 is 9.84 Å². The summed E-state index contributed by atoms with van der Waals surface area (Å²) in [4.78, 5) is 0. The Kier molecular flexibility index (Phi) is 4.47. The van der Waals surface area contributed by atoms with Gasteiger partial charge in [-0.15, -0.1) is 0 Å². The molecule has 1 aromatic carbocycles. The Hall–Kier alpha value is -1.02. The maximum absolute atomic E-state index is 8.92. The van der Waals surface area contributed by atoms with Crippen molar-refractivity contribution in [3.8, 4) is 5.75 Å². The van der Waals surface area contributed by atoms with E-state index in [1.807, 2.05) is 12.1 Å². The Balaban J connectivity index is 0.000000203. The Bertz CT molecular complexity index is 250. The summed E-state index contributed by atoms with van der Waals surface area (Å²) in [6.45, 7) is 5.19. The molecule has 1 aliphatic rings. The van der Waals surface area contributed by atoms with Crippen LogP contribution in [0.5, 0.6) is 5.75 Å². The number of phenols is 1. The van der Waals surface area contributed by atoms with Gasteiger partial charge in [-0.3, -0.25) is 0 Å². The second-order valence-corrected chi connectivity index (χ2v) is 3.56. The summed E-state index contributed by atoms with van der Waals surface area (Å²) in [5.41, 5.74) is 1.29. The van der Waals surface area contributed by atoms with Crippen LogP contribution in [0.2, 0.25) is 0 Å². The van der Waals surface area contributed by atoms with E-state index in [2.05, 4.69) is 13.8 Å². The molecule has 1 aliphatic heterocycles. The van der Waals surface area contributed by atoms with Crippen molar-refractivity contribution >= 4 is 0 Å². The lowest BCUT2D eigenvalue weighted by molar-refractivity contribution is 0.423. The zero-order valence-corrected chi connectivity index (χ0v) is 8.86. The third-order valence-corrected chi connectivity index (χ3v) is 1.98. The predicted octanol–water partition coefficient (Wildman–Crippen LogP) is 2.75. The molecule has 1 N–H and O–H groups in total. The van der Waals surface area contributed by atoms with E-state index in [-0.39, 0.29) is 0 Å². The zero-order valence-electron chi connectivity index (χ0n) is 8.86. The van der Waals surface area contributed by atoms with Crippen LogP contribution in [0, 0.1) is 0 Å². The molecule has 2 nitrogen and oxygen atoms in total. The van der Waals surface area contributed by atoms with Crippen molar-refractivity contribution in [2.45, 2.75) is 32.8 Å². The van der Waals surface area contributed by atoms with Crippen molar-refractivity contribution in [1.29, 1.82) is 0 Å². The van der Waals surface area contributed by atoms with Crippen molar-refractivity contribution in [3.63, 3.8) is 0 Å². The van der Waals surface area contributed by atoms with Gasteiger partial charge < -0.3 is 9.84 Å². The van der Waals surface area contributed by atoms with Crippen molar-refractivity contribution in [3.05, 3.63) is 29.8 Å². The lowest BCUT2D eigenvalue weighted by Crippen LogP contribution is -1.79. The number of rotatable bonds is 2. The first-order valence-corrected chi connectivity index (χ1v) is 5.12. The van der Waals surface area contributed by atoms with E-state index < -0.39 is 0 Å². The van der Waals surface area contributed by atoms with Crippen LogP contribution in [0.1, 0.15) is 25.8 Å². The molecule has 2 rings (SSSR count). The summed E-state index contributed by atoms with van der Waals surface area (Å²) in [7, 11) is 0. The van der Waals surface area contributed by atoms with E-state index in [4.69, 9.17) is 9.84 Å². The van der Waals surface area contributed by atoms with Crippen LogP contribution in [0.25, 0.3) is 0 Å². The van der Waals surface area contributed by atoms with Gasteiger partial charge in [0.1, 0.15) is 5.75 Å². The molecule has 0 spiro atoms. The maximum atomic E-state index is 8.92. The van der Waals surface area contributed by atoms with Gasteiger partial charge in [-0.05, 0) is 31.0 Å². The fourth-order valence-electron chi connectivity index (χ4n) is 1.05. The molecule has 0 amide bonds. The summed E-state index contributed by atoms with van der Waals surface area (Å²) < 4.78 is 4.71. The van der Waals surface area contributed by atoms with Crippen LogP contribution in [0.3, 0.4) is 0 Å². The second-order valence-electron chi connectivity index (χ2n) is 3.56. The summed E-state index contributed by atoms with van der Waals surface area (Å²) in [6.07, 6.45) is 2.84. The lowest BCUT2D eigenvalue weighted by Gasteiger charge is -1.96. The molecule has 1 aromatic rings. The average Bonchev–Trinajstić information content (AvgIpc) is 2.94. The minimum Gasteiger partial charge on any atom is -0.508 e. The molecule has 0 saturated carbocycles. The van der Waals surface area contributed by atoms with E-state index in [9.17, 15) is 0 Å². The van der Waals surface area contributed by atoms with Gasteiger partial charge in [-0.25, -0.2) is 0 Å². The van der Waals surface area contributed by atoms with Gasteiger partial charge in [-0.2, -0.15) is 0 Å². The minimum absolute atomic E-state index is 0.347. The van der Waals surface area contributed by atoms with Gasteiger partial charge in [-0.1, -0.05) is 25.5 Å². The highest BCUT2D eigenvalue weighted by Crippen LogP contribution is 2.10. The molecular formula is C12H18O2. The molecule has 0 bridgehead atoms. The standard InChI is InChI=1S/C9H12O.C3H6O/c1-2-3-8-4-6-9(10)7-5-8;1-3-2-4-3/h4-7,10H,2-3H2,1H3;3H,2H2,1H3. The first-order chi connectivity index (χ1) is 6.72. The Morgan fingerprint density at radius 2 is 1.86 bits per heavy atom. The highest BCUT2D eigenvalue weighted by molar-refractivity contribution is 5.25. The molecule has 1 saturated heterocycles. The van der Waals surface area contributed by atoms with E-state index in [1.54, 1.807) is 12.1 Å². The van der Waals surface area contributed by atoms with Gasteiger partial charge in [0.2, 0.25) is 0 Å². The second kappa shape index (κ2) is 5.66. The van der Waals surface area contributed by atoms with Crippen LogP contribution in [-0.2, 0) is 11.2 Å². The van der Waals surface area contributed by atoms with Crippen LogP contribution in [0.15, 0.2) is 24.3 Å². The summed E-state index contributed by atoms with van der Waals surface area (Å²) >= 11 is 0. The van der Waals surface area contributed by atoms with Crippen LogP contribution in [-0.4, -0.2) is 17.8 Å². The van der Waals surface area contributed by atoms with E-state index >= 15 is 0 Å². The van der Waals surface area contributed by atoms with E-state index in [0.717, 1.165) is 19.4 Å². The molecule has 1 atom stereocenters. The molecule has 1 heterocycles. The quantitative estimate of drug-likeness (QED) is 0.734. The normalized spacial score (nSPS) is 18.3. The van der Waals surface area contributed by atoms with Gasteiger partial charge in [0.25, 0.3) is 0 Å². The zero-order chi connectivity index (χ0) is 10.4. The predicted molar refractivity (Wildman–Crippen MR) is 57.5 cm³/mol. The molecule has 0 aromatic heterocycles. The van der Waals surface area contributed by atoms with Crippen LogP contribution < -0.4 is 0 Å². The monoisotopic (exact) mass is 194 g/mol. The van der Waals surface area contributed by atoms with E-state index in [0.29, 0.717) is 11.9 Å². The van der Waals surface area contributed by atoms with Gasteiger partial charge in [0.15, 0.2) is 0 Å². The number of hydrogen-bond acceptors (Lipinski definition) is 2. The molecule has 0 aliphatic carbocycles. The molecular weight excluding hydrogens is 176 g/mol. The number of aryl methyl sites for hydroxylation is 1. The summed E-state index contributed by atoms with van der Waals surface area (Å²) in [5, 5.41) is 8.92.